The molecular formula is C43H63N9O14S. The molecule has 1 saturated carbocycles. The Morgan fingerprint density at radius 1 is 0.776 bits per heavy atom. The van der Waals surface area contributed by atoms with E-state index in [-0.39, 0.29) is 87.3 Å². The van der Waals surface area contributed by atoms with Crippen molar-refractivity contribution in [1.29, 1.82) is 0 Å². The van der Waals surface area contributed by atoms with Crippen molar-refractivity contribution in [2.24, 2.45) is 17.4 Å². The molecule has 2 aliphatic rings. The highest BCUT2D eigenvalue weighted by Gasteiger charge is 2.44. The predicted octanol–water partition coefficient (Wildman–Crippen LogP) is -1.43. The van der Waals surface area contributed by atoms with Crippen molar-refractivity contribution in [1.82, 2.24) is 37.2 Å². The lowest BCUT2D eigenvalue weighted by Gasteiger charge is -2.38. The summed E-state index contributed by atoms with van der Waals surface area (Å²) in [5.74, 6) is -11.3. The number of aromatic hydroxyl groups is 1. The lowest BCUT2D eigenvalue weighted by Crippen LogP contribution is -2.66. The summed E-state index contributed by atoms with van der Waals surface area (Å²) in [6, 6.07) is -3.48. The zero-order valence-corrected chi connectivity index (χ0v) is 38.4. The van der Waals surface area contributed by atoms with E-state index in [2.05, 4.69) is 37.2 Å². The Hall–Kier alpha value is -6.46. The molecule has 1 aliphatic carbocycles. The van der Waals surface area contributed by atoms with E-state index in [1.165, 1.54) is 6.07 Å². The molecule has 1 saturated heterocycles. The van der Waals surface area contributed by atoms with Crippen LogP contribution in [0.5, 0.6) is 5.75 Å². The van der Waals surface area contributed by atoms with Crippen molar-refractivity contribution >= 4 is 76.9 Å². The Morgan fingerprint density at radius 3 is 2.07 bits per heavy atom. The number of hydrogen-bond donors (Lipinski definition) is 12. The number of hydrogen-bond acceptors (Lipinski definition) is 13. The highest BCUT2D eigenvalue weighted by atomic mass is 32.2. The van der Waals surface area contributed by atoms with Crippen LogP contribution in [0.15, 0.2) is 18.2 Å². The third-order valence-corrected chi connectivity index (χ3v) is 12.1. The van der Waals surface area contributed by atoms with E-state index in [9.17, 15) is 68.1 Å². The lowest BCUT2D eigenvalue weighted by atomic mass is 9.80. The van der Waals surface area contributed by atoms with Crippen LogP contribution in [0.1, 0.15) is 113 Å². The summed E-state index contributed by atoms with van der Waals surface area (Å²) in [4.78, 5) is 144. The molecule has 67 heavy (non-hydrogen) atoms. The van der Waals surface area contributed by atoms with E-state index in [0.29, 0.717) is 19.3 Å². The minimum Gasteiger partial charge on any atom is -0.507 e. The van der Waals surface area contributed by atoms with Gasteiger partial charge in [-0.2, -0.15) is 0 Å². The van der Waals surface area contributed by atoms with Gasteiger partial charge in [-0.3, -0.25) is 47.9 Å². The van der Waals surface area contributed by atoms with Crippen LogP contribution in [-0.2, 0) is 54.4 Å². The molecule has 370 valence electrons. The van der Waals surface area contributed by atoms with E-state index >= 15 is 0 Å². The molecule has 23 nitrogen and oxygen atoms in total. The quantitative estimate of drug-likeness (QED) is 0.114. The van der Waals surface area contributed by atoms with Crippen LogP contribution < -0.4 is 48.7 Å². The molecular weight excluding hydrogens is 899 g/mol. The van der Waals surface area contributed by atoms with Crippen molar-refractivity contribution in [3.05, 3.63) is 29.3 Å². The van der Waals surface area contributed by atoms with Crippen molar-refractivity contribution in [2.45, 2.75) is 139 Å². The van der Waals surface area contributed by atoms with Gasteiger partial charge >= 0.3 is 11.9 Å². The maximum absolute atomic E-state index is 14.5. The van der Waals surface area contributed by atoms with Gasteiger partial charge in [-0.05, 0) is 68.6 Å². The standard InChI is InChI=1S/C43H63N9O14S/c1-23(2)17-27-39(62)50-28(19-24-12-13-31(53)25(18-24)41(64)65)40(63)52-43(14-5-3-6-15-43)42(66)51-29(20-32(44)54)37(60)46-16-7-4-10-33(55)48-30(36(45)59)21-67-22-34(56)47-26(38(61)49-27)9-8-11-35(57)58/h12-13,18,23,26-30,53H,3-11,14-17,19-22H2,1-2H3,(H2,44,54)(H2,45,59)(H,46,60)(H,47,56)(H,48,55)(H,49,61)(H,50,62)(H,51,66)(H,52,63)(H,57,58)(H,64,65)/t26-,27-,28-,29-,30-/m0/s1. The van der Waals surface area contributed by atoms with Crippen LogP contribution in [-0.4, -0.2) is 134 Å². The fourth-order valence-corrected chi connectivity index (χ4v) is 8.48. The van der Waals surface area contributed by atoms with Gasteiger partial charge in [-0.15, -0.1) is 11.8 Å². The first kappa shape index (κ1) is 54.9. The number of primary amides is 2. The number of aromatic carboxylic acids is 1. The number of carboxylic acid groups (broad SMARTS) is 2. The molecule has 0 unspecified atom stereocenters. The number of nitrogens with one attached hydrogen (secondary N) is 7. The van der Waals surface area contributed by atoms with Gasteiger partial charge in [0.2, 0.25) is 53.2 Å². The summed E-state index contributed by atoms with van der Waals surface area (Å²) < 4.78 is 0. The van der Waals surface area contributed by atoms with Gasteiger partial charge in [-0.1, -0.05) is 39.2 Å². The van der Waals surface area contributed by atoms with E-state index in [0.717, 1.165) is 23.9 Å². The number of rotatable bonds is 12. The molecule has 5 atom stereocenters. The van der Waals surface area contributed by atoms with Crippen LogP contribution in [0.25, 0.3) is 0 Å². The molecule has 1 spiro atoms. The highest BCUT2D eigenvalue weighted by molar-refractivity contribution is 8.00. The van der Waals surface area contributed by atoms with E-state index < -0.39 is 125 Å². The Bertz CT molecular complexity index is 2010. The van der Waals surface area contributed by atoms with Gasteiger partial charge in [-0.25, -0.2) is 4.79 Å². The van der Waals surface area contributed by atoms with Crippen molar-refractivity contribution in [3.63, 3.8) is 0 Å². The fraction of sp³-hybridized carbons (Fsp3) is 0.605. The second-order valence-electron chi connectivity index (χ2n) is 17.1. The molecule has 0 bridgehead atoms. The number of amides is 9. The maximum atomic E-state index is 14.5. The normalized spacial score (nSPS) is 23.5. The SMILES string of the molecule is CC(C)C[C@@H]1NC(=O)[C@H](CCCC(=O)O)NC(=O)CSC[C@@H](C(N)=O)NC(=O)CCCCNC(=O)[C@H](CC(N)=O)NC(=O)C2(CCCCC2)NC(=O)[C@H](Cc2ccc(O)c(C(=O)O)c2)NC1=O. The summed E-state index contributed by atoms with van der Waals surface area (Å²) in [5, 5.41) is 47.4. The minimum absolute atomic E-state index is 0.00195. The number of carbonyl (C=O) groups is 11. The van der Waals surface area contributed by atoms with Crippen LogP contribution >= 0.6 is 11.8 Å². The van der Waals surface area contributed by atoms with Gasteiger partial charge in [0, 0.05) is 31.6 Å². The number of benzene rings is 1. The molecule has 1 aromatic rings. The molecule has 14 N–H and O–H groups in total. The maximum Gasteiger partial charge on any atom is 0.339 e. The minimum atomic E-state index is -1.69. The van der Waals surface area contributed by atoms with Gasteiger partial charge in [0.25, 0.3) is 0 Å². The Kier molecular flexibility index (Phi) is 21.8. The molecule has 1 aromatic carbocycles. The second kappa shape index (κ2) is 26.6. The monoisotopic (exact) mass is 961 g/mol. The van der Waals surface area contributed by atoms with Crippen molar-refractivity contribution in [2.75, 3.05) is 18.1 Å². The van der Waals surface area contributed by atoms with Crippen LogP contribution in [0.2, 0.25) is 0 Å². The average Bonchev–Trinajstić information content (AvgIpc) is 3.24. The molecule has 3 rings (SSSR count). The van der Waals surface area contributed by atoms with E-state index in [4.69, 9.17) is 11.5 Å². The molecule has 1 heterocycles. The van der Waals surface area contributed by atoms with Crippen molar-refractivity contribution < 1.29 is 68.1 Å². The van der Waals surface area contributed by atoms with Crippen LogP contribution in [0.3, 0.4) is 0 Å². The first-order chi connectivity index (χ1) is 31.6. The molecule has 0 radical (unpaired) electrons. The van der Waals surface area contributed by atoms with Crippen LogP contribution in [0, 0.1) is 5.92 Å². The fourth-order valence-electron chi connectivity index (χ4n) is 7.61. The first-order valence-corrected chi connectivity index (χ1v) is 23.3. The zero-order chi connectivity index (χ0) is 49.8. The Morgan fingerprint density at radius 2 is 1.45 bits per heavy atom. The van der Waals surface area contributed by atoms with Gasteiger partial charge in [0.15, 0.2) is 0 Å². The third-order valence-electron chi connectivity index (χ3n) is 11.1. The molecule has 2 fully saturated rings. The summed E-state index contributed by atoms with van der Waals surface area (Å²) in [6.07, 6.45) is 0.436. The predicted molar refractivity (Wildman–Crippen MR) is 241 cm³/mol. The van der Waals surface area contributed by atoms with Gasteiger partial charge in [0.1, 0.15) is 47.1 Å². The Balaban J connectivity index is 2.10. The second-order valence-corrected chi connectivity index (χ2v) is 18.2. The topological polar surface area (TPSA) is 385 Å². The van der Waals surface area contributed by atoms with Gasteiger partial charge in [0.05, 0.1) is 12.2 Å². The first-order valence-electron chi connectivity index (χ1n) is 22.1. The Labute approximate surface area is 391 Å². The summed E-state index contributed by atoms with van der Waals surface area (Å²) in [6.45, 7) is 3.48. The number of carbonyl (C=O) groups excluding carboxylic acids is 9. The molecule has 24 heteroatoms. The number of nitrogens with two attached hydrogens (primary N) is 2. The molecule has 9 amide bonds. The summed E-state index contributed by atoms with van der Waals surface area (Å²) in [7, 11) is 0. The molecule has 1 aliphatic heterocycles. The highest BCUT2D eigenvalue weighted by Crippen LogP contribution is 2.29. The number of aliphatic carboxylic acids is 1. The number of thioether (sulfide) groups is 1. The van der Waals surface area contributed by atoms with Crippen LogP contribution in [0.4, 0.5) is 0 Å². The molecule has 0 aromatic heterocycles. The van der Waals surface area contributed by atoms with E-state index in [1.54, 1.807) is 13.8 Å². The van der Waals surface area contributed by atoms with E-state index in [1.807, 2.05) is 0 Å². The lowest BCUT2D eigenvalue weighted by molar-refractivity contribution is -0.139. The smallest absolute Gasteiger partial charge is 0.339 e. The number of phenols is 1. The zero-order valence-electron chi connectivity index (χ0n) is 37.6. The van der Waals surface area contributed by atoms with Crippen molar-refractivity contribution in [3.8, 4) is 5.75 Å². The third kappa shape index (κ3) is 18.4. The summed E-state index contributed by atoms with van der Waals surface area (Å²) >= 11 is 0.910. The number of carboxylic acids is 2. The summed E-state index contributed by atoms with van der Waals surface area (Å²) in [5.41, 5.74) is 8.93. The average molecular weight is 962 g/mol. The van der Waals surface area contributed by atoms with Gasteiger partial charge < -0.3 is 64.0 Å². The largest absolute Gasteiger partial charge is 0.507 e.